The second-order valence-corrected chi connectivity index (χ2v) is 14.7. The fourth-order valence-corrected chi connectivity index (χ4v) is 8.08. The van der Waals surface area contributed by atoms with E-state index in [0.717, 1.165) is 30.3 Å². The molecule has 2 bridgehead atoms. The molecule has 9 atom stereocenters. The lowest BCUT2D eigenvalue weighted by molar-refractivity contribution is -0.0833. The van der Waals surface area contributed by atoms with Gasteiger partial charge in [0.05, 0.1) is 18.3 Å². The van der Waals surface area contributed by atoms with Crippen LogP contribution in [0.1, 0.15) is 24.4 Å². The molecule has 0 aromatic carbocycles. The number of aliphatic hydroxyl groups is 1. The molecule has 4 aromatic rings. The highest BCUT2D eigenvalue weighted by Gasteiger charge is 2.53. The zero-order valence-electron chi connectivity index (χ0n) is 25.5. The van der Waals surface area contributed by atoms with E-state index in [0.29, 0.717) is 11.5 Å². The number of ether oxygens (including phenoxy) is 4. The largest absolute Gasteiger partial charge is 0.508 e. The Kier molecular flexibility index (Phi) is 8.36. The number of carbonyl (C=O) groups excluding carboxylic acids is 1. The van der Waals surface area contributed by atoms with Gasteiger partial charge in [-0.1, -0.05) is 0 Å². The van der Waals surface area contributed by atoms with Crippen molar-refractivity contribution in [2.45, 2.75) is 68.5 Å². The fraction of sp³-hybridized carbons (Fsp3) is 0.556. The van der Waals surface area contributed by atoms with Crippen molar-refractivity contribution in [3.8, 4) is 0 Å². The number of aryl methyl sites for hydroxylation is 1. The summed E-state index contributed by atoms with van der Waals surface area (Å²) in [4.78, 5) is 54.2. The Labute approximate surface area is 280 Å². The van der Waals surface area contributed by atoms with Crippen LogP contribution >= 0.6 is 6.72 Å². The molecule has 1 unspecified atom stereocenters. The number of nitrogens with zero attached hydrogens (tertiary/aromatic N) is 7. The topological polar surface area (TPSA) is 234 Å². The SMILES string of the molecule is NCCn1cnc2c(ncn2[C@@H]2O[C@@H]3COP(O)(=S)O[C@H]4[C@@H](O)[C@H](n5cc6c7c(ncnc75)NCCC6)O[C@@H]4COC(=O)O[C@@H]2[C@@H]3F)c1=O. The van der Waals surface area contributed by atoms with Crippen LogP contribution in [0.4, 0.5) is 15.0 Å². The van der Waals surface area contributed by atoms with Crippen LogP contribution in [-0.2, 0) is 52.8 Å². The van der Waals surface area contributed by atoms with Gasteiger partial charge >= 0.3 is 12.9 Å². The van der Waals surface area contributed by atoms with E-state index in [9.17, 15) is 19.6 Å². The monoisotopic (exact) mass is 723 g/mol. The summed E-state index contributed by atoms with van der Waals surface area (Å²) in [5.41, 5.74) is 6.52. The van der Waals surface area contributed by atoms with Crippen LogP contribution in [0, 0.1) is 0 Å². The van der Waals surface area contributed by atoms with Gasteiger partial charge in [-0.25, -0.2) is 29.1 Å². The number of rotatable bonds is 4. The summed E-state index contributed by atoms with van der Waals surface area (Å²) in [6, 6.07) is 0. The van der Waals surface area contributed by atoms with Crippen LogP contribution in [0.15, 0.2) is 30.0 Å². The number of carbonyl (C=O) groups is 1. The molecule has 8 rings (SSSR count). The van der Waals surface area contributed by atoms with Gasteiger partial charge in [0.15, 0.2) is 35.9 Å². The number of nitrogens with two attached hydrogens (primary N) is 1. The molecule has 4 aromatic heterocycles. The number of alkyl halides is 1. The number of hydrogen-bond donors (Lipinski definition) is 4. The number of imidazole rings is 1. The predicted molar refractivity (Wildman–Crippen MR) is 167 cm³/mol. The molecule has 262 valence electrons. The molecule has 4 aliphatic rings. The molecule has 0 radical (unpaired) electrons. The van der Waals surface area contributed by atoms with E-state index >= 15 is 4.39 Å². The van der Waals surface area contributed by atoms with Gasteiger partial charge in [-0.2, -0.15) is 0 Å². The van der Waals surface area contributed by atoms with Crippen molar-refractivity contribution < 1.29 is 47.2 Å². The van der Waals surface area contributed by atoms with Crippen molar-refractivity contribution in [3.63, 3.8) is 0 Å². The summed E-state index contributed by atoms with van der Waals surface area (Å²) in [5.74, 6) is 0.650. The number of aliphatic hydroxyl groups excluding tert-OH is 1. The van der Waals surface area contributed by atoms with Gasteiger partial charge in [-0.05, 0) is 30.2 Å². The van der Waals surface area contributed by atoms with E-state index in [1.165, 1.54) is 28.1 Å². The maximum Gasteiger partial charge on any atom is 0.508 e. The van der Waals surface area contributed by atoms with Crippen molar-refractivity contribution >= 4 is 52.7 Å². The van der Waals surface area contributed by atoms with E-state index in [1.54, 1.807) is 10.8 Å². The first-order chi connectivity index (χ1) is 23.6. The highest BCUT2D eigenvalue weighted by molar-refractivity contribution is 8.07. The third kappa shape index (κ3) is 5.68. The number of cyclic esters (lactones) is 1. The maximum atomic E-state index is 15.9. The number of nitrogens with one attached hydrogen (secondary N) is 1. The number of anilines is 1. The fourth-order valence-electron chi connectivity index (χ4n) is 6.63. The first-order valence-electron chi connectivity index (χ1n) is 15.5. The molecule has 3 saturated heterocycles. The second-order valence-electron chi connectivity index (χ2n) is 11.9. The summed E-state index contributed by atoms with van der Waals surface area (Å²) in [6.07, 6.45) is -5.58. The molecule has 0 amide bonds. The number of fused-ring (bicyclic) bond motifs is 4. The molecular weight excluding hydrogens is 692 g/mol. The molecule has 49 heavy (non-hydrogen) atoms. The Morgan fingerprint density at radius 1 is 1.06 bits per heavy atom. The van der Waals surface area contributed by atoms with Crippen LogP contribution in [0.3, 0.4) is 0 Å². The van der Waals surface area contributed by atoms with E-state index < -0.39 is 80.8 Å². The van der Waals surface area contributed by atoms with E-state index in [4.69, 9.17) is 45.5 Å². The van der Waals surface area contributed by atoms with Crippen molar-refractivity contribution in [1.82, 2.24) is 33.6 Å². The molecule has 22 heteroatoms. The smallest absolute Gasteiger partial charge is 0.431 e. The summed E-state index contributed by atoms with van der Waals surface area (Å²) < 4.78 is 54.2. The van der Waals surface area contributed by atoms with Crippen LogP contribution in [0.2, 0.25) is 0 Å². The maximum absolute atomic E-state index is 15.9. The Balaban J connectivity index is 1.08. The number of aromatic nitrogens is 7. The van der Waals surface area contributed by atoms with Crippen molar-refractivity contribution in [1.29, 1.82) is 0 Å². The molecule has 3 fully saturated rings. The van der Waals surface area contributed by atoms with Crippen LogP contribution < -0.4 is 16.6 Å². The zero-order valence-corrected chi connectivity index (χ0v) is 27.2. The minimum Gasteiger partial charge on any atom is -0.431 e. The lowest BCUT2D eigenvalue weighted by atomic mass is 10.1. The summed E-state index contributed by atoms with van der Waals surface area (Å²) in [6.45, 7) is -4.25. The minimum atomic E-state index is -4.21. The standard InChI is InChI=1S/C27H31FN9O10PS/c28-16-13-8-43-48(41,49)47-19-14(45-25(18(19)38)36-6-12-2-1-4-30-21-15(12)22(36)32-9-31-21)7-42-27(40)46-20(16)26(44-13)37-11-33-17-23(37)34-10-35(5-3-29)24(17)39/h6,9-11,13-14,16,18-20,25-26,38H,1-5,7-8,29H2,(H,41,49)(H,30,31,32)/t13-,14-,16-,18-,19-,20-,25-,26-,48?/m1/s1. The van der Waals surface area contributed by atoms with Gasteiger partial charge in [-0.3, -0.25) is 18.5 Å². The normalized spacial score (nSPS) is 33.5. The average Bonchev–Trinajstić information content (AvgIpc) is 3.78. The lowest BCUT2D eigenvalue weighted by Gasteiger charge is -2.26. The summed E-state index contributed by atoms with van der Waals surface area (Å²) >= 11 is 5.26. The number of hydrogen-bond acceptors (Lipinski definition) is 16. The quantitative estimate of drug-likeness (QED) is 0.160. The van der Waals surface area contributed by atoms with E-state index in [1.807, 2.05) is 0 Å². The third-order valence-corrected chi connectivity index (χ3v) is 10.5. The number of halogens is 1. The Morgan fingerprint density at radius 2 is 1.90 bits per heavy atom. The molecule has 5 N–H and O–H groups in total. The lowest BCUT2D eigenvalue weighted by Crippen LogP contribution is -2.37. The highest BCUT2D eigenvalue weighted by atomic mass is 32.5. The highest BCUT2D eigenvalue weighted by Crippen LogP contribution is 2.50. The first kappa shape index (κ1) is 32.5. The molecule has 0 saturated carbocycles. The first-order valence-corrected chi connectivity index (χ1v) is 18.0. The molecule has 8 heterocycles. The molecule has 19 nitrogen and oxygen atoms in total. The van der Waals surface area contributed by atoms with Crippen LogP contribution in [0.25, 0.3) is 22.2 Å². The molecule has 4 aliphatic heterocycles. The van der Waals surface area contributed by atoms with Gasteiger partial charge in [0, 0.05) is 25.8 Å². The Hall–Kier alpha value is -3.66. The van der Waals surface area contributed by atoms with Crippen LogP contribution in [-0.4, -0.2) is 113 Å². The molecule has 0 aliphatic carbocycles. The Morgan fingerprint density at radius 3 is 2.73 bits per heavy atom. The van der Waals surface area contributed by atoms with Crippen molar-refractivity contribution in [3.05, 3.63) is 41.1 Å². The van der Waals surface area contributed by atoms with Gasteiger partial charge in [0.25, 0.3) is 5.56 Å². The van der Waals surface area contributed by atoms with Gasteiger partial charge in [0.2, 0.25) is 0 Å². The van der Waals surface area contributed by atoms with Gasteiger partial charge < -0.3 is 49.1 Å². The second kappa shape index (κ2) is 12.6. The van der Waals surface area contributed by atoms with E-state index in [2.05, 4.69) is 25.3 Å². The summed E-state index contributed by atoms with van der Waals surface area (Å²) in [5, 5.41) is 15.5. The van der Waals surface area contributed by atoms with Crippen LogP contribution in [0.5, 0.6) is 0 Å². The zero-order chi connectivity index (χ0) is 34.0. The minimum absolute atomic E-state index is 0.0396. The molecular formula is C27H31FN9O10PS. The van der Waals surface area contributed by atoms with E-state index in [-0.39, 0.29) is 24.3 Å². The van der Waals surface area contributed by atoms with Gasteiger partial charge in [0.1, 0.15) is 55.1 Å². The van der Waals surface area contributed by atoms with Crippen molar-refractivity contribution in [2.75, 3.05) is 31.6 Å². The summed E-state index contributed by atoms with van der Waals surface area (Å²) in [7, 11) is 0. The van der Waals surface area contributed by atoms with Gasteiger partial charge in [-0.15, -0.1) is 0 Å². The molecule has 0 spiro atoms. The third-order valence-electron chi connectivity index (χ3n) is 8.90. The predicted octanol–water partition coefficient (Wildman–Crippen LogP) is 0.00250. The average molecular weight is 724 g/mol. The Bertz CT molecular complexity index is 2030. The van der Waals surface area contributed by atoms with Crippen molar-refractivity contribution in [2.24, 2.45) is 5.73 Å².